The third-order valence-electron chi connectivity index (χ3n) is 3.10. The highest BCUT2D eigenvalue weighted by Crippen LogP contribution is 2.19. The van der Waals surface area contributed by atoms with Crippen molar-refractivity contribution in [3.05, 3.63) is 0 Å². The molecule has 2 unspecified atom stereocenters. The molecular formula is C12H23NO3. The normalized spacial score (nSPS) is 23.3. The zero-order valence-corrected chi connectivity index (χ0v) is 10.3. The lowest BCUT2D eigenvalue weighted by molar-refractivity contribution is -0.144. The van der Waals surface area contributed by atoms with E-state index in [-0.39, 0.29) is 12.1 Å². The quantitative estimate of drug-likeness (QED) is 0.546. The van der Waals surface area contributed by atoms with Crippen molar-refractivity contribution < 1.29 is 14.6 Å². The highest BCUT2D eigenvalue weighted by atomic mass is 16.5. The van der Waals surface area contributed by atoms with Gasteiger partial charge >= 0.3 is 5.97 Å². The Morgan fingerprint density at radius 3 is 2.94 bits per heavy atom. The SMILES string of the molecule is CCCCOC(=O)CN1CCC(C(C)O)C1. The highest BCUT2D eigenvalue weighted by Gasteiger charge is 2.27. The number of nitrogens with zero attached hydrogens (tertiary/aromatic N) is 1. The standard InChI is InChI=1S/C12H23NO3/c1-3-4-7-16-12(15)9-13-6-5-11(8-13)10(2)14/h10-11,14H,3-9H2,1-2H3. The van der Waals surface area contributed by atoms with Gasteiger partial charge in [0.05, 0.1) is 19.3 Å². The minimum atomic E-state index is -0.277. The topological polar surface area (TPSA) is 49.8 Å². The molecule has 94 valence electrons. The van der Waals surface area contributed by atoms with Gasteiger partial charge in [0.1, 0.15) is 0 Å². The molecule has 0 saturated carbocycles. The first-order chi connectivity index (χ1) is 7.63. The first-order valence-corrected chi connectivity index (χ1v) is 6.19. The number of aliphatic hydroxyl groups excluding tert-OH is 1. The number of aliphatic hydroxyl groups is 1. The van der Waals surface area contributed by atoms with E-state index in [1.807, 2.05) is 6.92 Å². The molecule has 4 nitrogen and oxygen atoms in total. The van der Waals surface area contributed by atoms with Crippen LogP contribution in [-0.4, -0.2) is 48.3 Å². The van der Waals surface area contributed by atoms with Gasteiger partial charge in [0.15, 0.2) is 0 Å². The molecule has 0 radical (unpaired) electrons. The third-order valence-corrected chi connectivity index (χ3v) is 3.10. The Hall–Kier alpha value is -0.610. The van der Waals surface area contributed by atoms with Crippen LogP contribution in [0.15, 0.2) is 0 Å². The fraction of sp³-hybridized carbons (Fsp3) is 0.917. The van der Waals surface area contributed by atoms with Gasteiger partial charge in [-0.05, 0) is 32.2 Å². The largest absolute Gasteiger partial charge is 0.465 e. The molecule has 1 N–H and O–H groups in total. The molecule has 16 heavy (non-hydrogen) atoms. The summed E-state index contributed by atoms with van der Waals surface area (Å²) in [7, 11) is 0. The highest BCUT2D eigenvalue weighted by molar-refractivity contribution is 5.71. The van der Waals surface area contributed by atoms with Gasteiger partial charge in [-0.3, -0.25) is 9.69 Å². The number of carbonyl (C=O) groups is 1. The van der Waals surface area contributed by atoms with Gasteiger partial charge in [-0.1, -0.05) is 13.3 Å². The molecule has 0 aromatic rings. The third kappa shape index (κ3) is 4.49. The fourth-order valence-corrected chi connectivity index (χ4v) is 1.96. The summed E-state index contributed by atoms with van der Waals surface area (Å²) in [5.41, 5.74) is 0. The van der Waals surface area contributed by atoms with Gasteiger partial charge in [0, 0.05) is 6.54 Å². The average molecular weight is 229 g/mol. The molecule has 2 atom stereocenters. The van der Waals surface area contributed by atoms with Crippen LogP contribution in [0.2, 0.25) is 0 Å². The van der Waals surface area contributed by atoms with Crippen LogP contribution in [0.25, 0.3) is 0 Å². The van der Waals surface area contributed by atoms with Crippen molar-refractivity contribution in [2.45, 2.75) is 39.2 Å². The van der Waals surface area contributed by atoms with E-state index in [4.69, 9.17) is 4.74 Å². The summed E-state index contributed by atoms with van der Waals surface area (Å²) in [5.74, 6) is 0.170. The van der Waals surface area contributed by atoms with Crippen molar-refractivity contribution in [2.24, 2.45) is 5.92 Å². The van der Waals surface area contributed by atoms with Crippen LogP contribution in [0, 0.1) is 5.92 Å². The first kappa shape index (κ1) is 13.5. The van der Waals surface area contributed by atoms with Crippen LogP contribution in [-0.2, 0) is 9.53 Å². The van der Waals surface area contributed by atoms with Crippen molar-refractivity contribution in [3.63, 3.8) is 0 Å². The zero-order valence-electron chi connectivity index (χ0n) is 10.3. The second kappa shape index (κ2) is 6.86. The van der Waals surface area contributed by atoms with E-state index >= 15 is 0 Å². The Balaban J connectivity index is 2.16. The van der Waals surface area contributed by atoms with Crippen molar-refractivity contribution in [1.29, 1.82) is 0 Å². The molecule has 1 aliphatic rings. The Morgan fingerprint density at radius 2 is 2.38 bits per heavy atom. The number of ether oxygens (including phenoxy) is 1. The second-order valence-corrected chi connectivity index (χ2v) is 4.60. The summed E-state index contributed by atoms with van der Waals surface area (Å²) in [6.07, 6.45) is 2.67. The van der Waals surface area contributed by atoms with Crippen LogP contribution in [0.4, 0.5) is 0 Å². The minimum Gasteiger partial charge on any atom is -0.465 e. The van der Waals surface area contributed by atoms with Crippen molar-refractivity contribution >= 4 is 5.97 Å². The lowest BCUT2D eigenvalue weighted by Gasteiger charge is -2.16. The number of hydrogen-bond acceptors (Lipinski definition) is 4. The molecule has 0 aliphatic carbocycles. The Labute approximate surface area is 97.6 Å². The molecule has 0 aromatic carbocycles. The van der Waals surface area contributed by atoms with Gasteiger partial charge in [-0.15, -0.1) is 0 Å². The summed E-state index contributed by atoms with van der Waals surface area (Å²) in [6.45, 7) is 6.48. The van der Waals surface area contributed by atoms with E-state index in [2.05, 4.69) is 11.8 Å². The molecule has 1 saturated heterocycles. The van der Waals surface area contributed by atoms with Gasteiger partial charge in [-0.25, -0.2) is 0 Å². The molecule has 1 aliphatic heterocycles. The fourth-order valence-electron chi connectivity index (χ4n) is 1.96. The van der Waals surface area contributed by atoms with Crippen LogP contribution < -0.4 is 0 Å². The van der Waals surface area contributed by atoms with Gasteiger partial charge in [-0.2, -0.15) is 0 Å². The number of esters is 1. The van der Waals surface area contributed by atoms with Crippen LogP contribution in [0.3, 0.4) is 0 Å². The van der Waals surface area contributed by atoms with Gasteiger partial charge in [0.25, 0.3) is 0 Å². The lowest BCUT2D eigenvalue weighted by atomic mass is 10.0. The molecule has 0 amide bonds. The minimum absolute atomic E-state index is 0.139. The Kier molecular flexibility index (Phi) is 5.77. The molecule has 0 bridgehead atoms. The van der Waals surface area contributed by atoms with E-state index in [0.717, 1.165) is 32.4 Å². The maximum absolute atomic E-state index is 11.4. The first-order valence-electron chi connectivity index (χ1n) is 6.19. The maximum Gasteiger partial charge on any atom is 0.320 e. The number of unbranched alkanes of at least 4 members (excludes halogenated alkanes) is 1. The van der Waals surface area contributed by atoms with Crippen LogP contribution >= 0.6 is 0 Å². The Bertz CT molecular complexity index is 218. The predicted molar refractivity (Wildman–Crippen MR) is 62.1 cm³/mol. The van der Waals surface area contributed by atoms with Crippen LogP contribution in [0.1, 0.15) is 33.1 Å². The van der Waals surface area contributed by atoms with E-state index in [9.17, 15) is 9.90 Å². The zero-order chi connectivity index (χ0) is 12.0. The van der Waals surface area contributed by atoms with Gasteiger partial charge < -0.3 is 9.84 Å². The number of rotatable bonds is 6. The van der Waals surface area contributed by atoms with E-state index in [1.165, 1.54) is 0 Å². The van der Waals surface area contributed by atoms with Crippen molar-refractivity contribution in [2.75, 3.05) is 26.2 Å². The number of hydrogen-bond donors (Lipinski definition) is 1. The molecular weight excluding hydrogens is 206 g/mol. The summed E-state index contributed by atoms with van der Waals surface area (Å²) in [5, 5.41) is 9.43. The van der Waals surface area contributed by atoms with E-state index in [0.29, 0.717) is 19.1 Å². The number of carbonyl (C=O) groups excluding carboxylic acids is 1. The lowest BCUT2D eigenvalue weighted by Crippen LogP contribution is -2.30. The number of likely N-dealkylation sites (tertiary alicyclic amines) is 1. The summed E-state index contributed by atoms with van der Waals surface area (Å²) < 4.78 is 5.10. The van der Waals surface area contributed by atoms with Crippen molar-refractivity contribution in [3.8, 4) is 0 Å². The van der Waals surface area contributed by atoms with Crippen LogP contribution in [0.5, 0.6) is 0 Å². The molecule has 1 heterocycles. The molecule has 0 aromatic heterocycles. The second-order valence-electron chi connectivity index (χ2n) is 4.60. The molecule has 1 fully saturated rings. The summed E-state index contributed by atoms with van der Waals surface area (Å²) >= 11 is 0. The summed E-state index contributed by atoms with van der Waals surface area (Å²) in [4.78, 5) is 13.5. The molecule has 0 spiro atoms. The smallest absolute Gasteiger partial charge is 0.320 e. The van der Waals surface area contributed by atoms with Crippen molar-refractivity contribution in [1.82, 2.24) is 4.90 Å². The van der Waals surface area contributed by atoms with E-state index < -0.39 is 0 Å². The summed E-state index contributed by atoms with van der Waals surface area (Å²) in [6, 6.07) is 0. The monoisotopic (exact) mass is 229 g/mol. The average Bonchev–Trinajstić information content (AvgIpc) is 2.66. The van der Waals surface area contributed by atoms with E-state index in [1.54, 1.807) is 0 Å². The molecule has 1 rings (SSSR count). The van der Waals surface area contributed by atoms with Gasteiger partial charge in [0.2, 0.25) is 0 Å². The Morgan fingerprint density at radius 1 is 1.62 bits per heavy atom. The maximum atomic E-state index is 11.4. The molecule has 4 heteroatoms. The predicted octanol–water partition coefficient (Wildman–Crippen LogP) is 1.03.